The number of esters is 1. The lowest BCUT2D eigenvalue weighted by molar-refractivity contribution is -0.168. The SMILES string of the molecule is COC(=O)[C@H](N)[C@@H]1[C@@H](OCc2ccccc2)[C@@H](C2COC(C)(C)O2)O[C@H]1n1cc(C)c(=O)[nH]c1=O. The smallest absolute Gasteiger partial charge is 0.330 e. The molecule has 190 valence electrons. The number of carbonyl (C=O) groups excluding carboxylic acids is 1. The molecule has 0 spiro atoms. The van der Waals surface area contributed by atoms with Crippen LogP contribution in [-0.4, -0.2) is 59.4 Å². The van der Waals surface area contributed by atoms with Crippen LogP contribution in [0.5, 0.6) is 0 Å². The number of ether oxygens (including phenoxy) is 5. The topological polar surface area (TPSA) is 144 Å². The Bertz CT molecular complexity index is 1160. The van der Waals surface area contributed by atoms with E-state index in [0.717, 1.165) is 5.56 Å². The monoisotopic (exact) mass is 489 g/mol. The predicted octanol–water partition coefficient (Wildman–Crippen LogP) is 0.596. The quantitative estimate of drug-likeness (QED) is 0.534. The fraction of sp³-hybridized carbons (Fsp3) is 0.542. The van der Waals surface area contributed by atoms with Crippen molar-refractivity contribution in [2.45, 2.75) is 63.7 Å². The molecule has 0 aliphatic carbocycles. The predicted molar refractivity (Wildman–Crippen MR) is 123 cm³/mol. The number of hydrogen-bond donors (Lipinski definition) is 2. The van der Waals surface area contributed by atoms with Crippen molar-refractivity contribution < 1.29 is 28.5 Å². The number of aryl methyl sites for hydroxylation is 1. The molecule has 2 aromatic rings. The summed E-state index contributed by atoms with van der Waals surface area (Å²) in [4.78, 5) is 39.6. The van der Waals surface area contributed by atoms with Gasteiger partial charge in [-0.15, -0.1) is 0 Å². The van der Waals surface area contributed by atoms with Gasteiger partial charge >= 0.3 is 11.7 Å². The van der Waals surface area contributed by atoms with E-state index in [0.29, 0.717) is 5.56 Å². The number of H-pyrrole nitrogens is 1. The molecule has 0 amide bonds. The molecule has 1 aromatic heterocycles. The van der Waals surface area contributed by atoms with Crippen LogP contribution in [0, 0.1) is 12.8 Å². The van der Waals surface area contributed by atoms with E-state index in [1.54, 1.807) is 20.8 Å². The maximum Gasteiger partial charge on any atom is 0.330 e. The molecule has 3 heterocycles. The molecule has 2 aliphatic heterocycles. The first-order valence-electron chi connectivity index (χ1n) is 11.4. The Labute approximate surface area is 202 Å². The first-order valence-corrected chi connectivity index (χ1v) is 11.4. The van der Waals surface area contributed by atoms with Gasteiger partial charge in [-0.3, -0.25) is 19.1 Å². The van der Waals surface area contributed by atoms with Crippen LogP contribution in [0.1, 0.15) is 31.2 Å². The number of carbonyl (C=O) groups is 1. The van der Waals surface area contributed by atoms with Gasteiger partial charge < -0.3 is 29.4 Å². The summed E-state index contributed by atoms with van der Waals surface area (Å²) in [6.45, 7) is 5.56. The Kier molecular flexibility index (Phi) is 7.25. The van der Waals surface area contributed by atoms with Crippen molar-refractivity contribution in [1.82, 2.24) is 9.55 Å². The molecule has 2 aliphatic rings. The zero-order chi connectivity index (χ0) is 25.3. The van der Waals surface area contributed by atoms with Crippen LogP contribution in [-0.2, 0) is 35.1 Å². The Morgan fingerprint density at radius 1 is 1.29 bits per heavy atom. The number of methoxy groups -OCH3 is 1. The zero-order valence-corrected chi connectivity index (χ0v) is 20.1. The molecule has 11 heteroatoms. The molecule has 1 aromatic carbocycles. The van der Waals surface area contributed by atoms with Crippen molar-refractivity contribution in [2.75, 3.05) is 13.7 Å². The standard InChI is InChI=1S/C24H31N3O8/c1-13-10-27(23(30)26-20(13)28)21-16(17(25)22(29)31-4)19(32-11-14-8-6-5-7-9-14)18(34-21)15-12-33-24(2,3)35-15/h5-10,15-19,21H,11-12,25H2,1-4H3,(H,26,28,30)/t15?,16-,17-,18-,19-,21-/m1/s1. The summed E-state index contributed by atoms with van der Waals surface area (Å²) in [6.07, 6.45) is -1.70. The number of hydrogen-bond acceptors (Lipinski definition) is 9. The average molecular weight is 490 g/mol. The maximum absolute atomic E-state index is 12.8. The van der Waals surface area contributed by atoms with E-state index in [1.807, 2.05) is 30.3 Å². The van der Waals surface area contributed by atoms with Gasteiger partial charge in [-0.2, -0.15) is 0 Å². The highest BCUT2D eigenvalue weighted by atomic mass is 16.8. The minimum Gasteiger partial charge on any atom is -0.468 e. The third-order valence-corrected chi connectivity index (χ3v) is 6.32. The molecule has 4 rings (SSSR count). The van der Waals surface area contributed by atoms with Gasteiger partial charge in [0.2, 0.25) is 0 Å². The van der Waals surface area contributed by atoms with Gasteiger partial charge in [0.25, 0.3) is 5.56 Å². The molecule has 0 bridgehead atoms. The summed E-state index contributed by atoms with van der Waals surface area (Å²) >= 11 is 0. The van der Waals surface area contributed by atoms with Gasteiger partial charge in [0.15, 0.2) is 5.79 Å². The number of rotatable bonds is 7. The number of aromatic amines is 1. The third-order valence-electron chi connectivity index (χ3n) is 6.32. The number of aromatic nitrogens is 2. The van der Waals surface area contributed by atoms with E-state index < -0.39 is 59.5 Å². The van der Waals surface area contributed by atoms with Crippen molar-refractivity contribution >= 4 is 5.97 Å². The van der Waals surface area contributed by atoms with Crippen LogP contribution in [0.25, 0.3) is 0 Å². The van der Waals surface area contributed by atoms with Crippen molar-refractivity contribution in [2.24, 2.45) is 11.7 Å². The van der Waals surface area contributed by atoms with Crippen molar-refractivity contribution in [1.29, 1.82) is 0 Å². The van der Waals surface area contributed by atoms with E-state index in [1.165, 1.54) is 17.9 Å². The molecule has 0 radical (unpaired) electrons. The van der Waals surface area contributed by atoms with Crippen LogP contribution in [0.15, 0.2) is 46.1 Å². The maximum atomic E-state index is 12.8. The summed E-state index contributed by atoms with van der Waals surface area (Å²) in [5.74, 6) is -2.37. The summed E-state index contributed by atoms with van der Waals surface area (Å²) in [5.41, 5.74) is 6.35. The number of nitrogens with zero attached hydrogens (tertiary/aromatic N) is 1. The van der Waals surface area contributed by atoms with Crippen LogP contribution in [0.4, 0.5) is 0 Å². The molecule has 2 saturated heterocycles. The van der Waals surface area contributed by atoms with E-state index in [-0.39, 0.29) is 13.2 Å². The van der Waals surface area contributed by atoms with E-state index in [4.69, 9.17) is 29.4 Å². The van der Waals surface area contributed by atoms with Gasteiger partial charge in [-0.05, 0) is 26.3 Å². The van der Waals surface area contributed by atoms with E-state index >= 15 is 0 Å². The van der Waals surface area contributed by atoms with Gasteiger partial charge in [-0.25, -0.2) is 4.79 Å². The average Bonchev–Trinajstić information content (AvgIpc) is 3.39. The highest BCUT2D eigenvalue weighted by Crippen LogP contribution is 2.42. The number of nitrogens with two attached hydrogens (primary N) is 1. The second kappa shape index (κ2) is 10.0. The van der Waals surface area contributed by atoms with Crippen LogP contribution in [0.2, 0.25) is 0 Å². The molecule has 3 N–H and O–H groups in total. The van der Waals surface area contributed by atoms with Crippen molar-refractivity contribution in [3.05, 3.63) is 68.5 Å². The first kappa shape index (κ1) is 25.3. The fourth-order valence-electron chi connectivity index (χ4n) is 4.56. The van der Waals surface area contributed by atoms with Gasteiger partial charge in [0.1, 0.15) is 24.5 Å². The molecule has 2 fully saturated rings. The fourth-order valence-corrected chi connectivity index (χ4v) is 4.56. The second-order valence-electron chi connectivity index (χ2n) is 9.22. The summed E-state index contributed by atoms with van der Waals surface area (Å²) in [7, 11) is 1.23. The third kappa shape index (κ3) is 5.24. The minimum atomic E-state index is -1.19. The van der Waals surface area contributed by atoms with Gasteiger partial charge in [-0.1, -0.05) is 30.3 Å². The van der Waals surface area contributed by atoms with Crippen LogP contribution in [0.3, 0.4) is 0 Å². The molecule has 1 unspecified atom stereocenters. The minimum absolute atomic E-state index is 0.207. The Morgan fingerprint density at radius 3 is 2.63 bits per heavy atom. The lowest BCUT2D eigenvalue weighted by Gasteiger charge is -2.29. The lowest BCUT2D eigenvalue weighted by Crippen LogP contribution is -2.50. The molecule has 35 heavy (non-hydrogen) atoms. The first-order chi connectivity index (χ1) is 16.6. The van der Waals surface area contributed by atoms with Gasteiger partial charge in [0, 0.05) is 11.8 Å². The Balaban J connectivity index is 1.76. The summed E-state index contributed by atoms with van der Waals surface area (Å²) in [6, 6.07) is 8.30. The highest BCUT2D eigenvalue weighted by molar-refractivity contribution is 5.76. The van der Waals surface area contributed by atoms with Crippen molar-refractivity contribution in [3.8, 4) is 0 Å². The molecular weight excluding hydrogens is 458 g/mol. The second-order valence-corrected chi connectivity index (χ2v) is 9.22. The van der Waals surface area contributed by atoms with Crippen molar-refractivity contribution in [3.63, 3.8) is 0 Å². The van der Waals surface area contributed by atoms with Gasteiger partial charge in [0.05, 0.1) is 32.3 Å². The Morgan fingerprint density at radius 2 is 2.00 bits per heavy atom. The molecule has 0 saturated carbocycles. The number of benzene rings is 1. The highest BCUT2D eigenvalue weighted by Gasteiger charge is 2.56. The lowest BCUT2D eigenvalue weighted by atomic mass is 9.90. The van der Waals surface area contributed by atoms with Crippen LogP contribution < -0.4 is 17.0 Å². The van der Waals surface area contributed by atoms with E-state index in [2.05, 4.69) is 4.98 Å². The number of nitrogens with one attached hydrogen (secondary N) is 1. The zero-order valence-electron chi connectivity index (χ0n) is 20.1. The summed E-state index contributed by atoms with van der Waals surface area (Å²) in [5, 5.41) is 0. The van der Waals surface area contributed by atoms with E-state index in [9.17, 15) is 14.4 Å². The molecular formula is C24H31N3O8. The molecule has 6 atom stereocenters. The summed E-state index contributed by atoms with van der Waals surface area (Å²) < 4.78 is 30.6. The largest absolute Gasteiger partial charge is 0.468 e. The van der Waals surface area contributed by atoms with Crippen LogP contribution >= 0.6 is 0 Å². The molecule has 11 nitrogen and oxygen atoms in total. The Hall–Kier alpha value is -2.83. The normalized spacial score (nSPS) is 28.7.